The number of carbonyl (C=O) groups is 2. The molecule has 0 aliphatic carbocycles. The van der Waals surface area contributed by atoms with Gasteiger partial charge in [0.2, 0.25) is 12.6 Å². The molecule has 0 spiro atoms. The van der Waals surface area contributed by atoms with Crippen LogP contribution in [0.1, 0.15) is 134 Å². The van der Waals surface area contributed by atoms with Crippen LogP contribution >= 0.6 is 0 Å². The SMILES string of the molecule is CCC(C)c1ccc(C(=O)OC(CC(C)(C)C)OC(C)C)cc1.CCC(C)c1ccc(OCC(=O)OC(Cc2ccccc2)OCC(C)C)cc1. The number of carbonyl (C=O) groups excluding carboxylic acids is 2. The molecule has 4 atom stereocenters. The van der Waals surface area contributed by atoms with Crippen LogP contribution in [0.2, 0.25) is 0 Å². The summed E-state index contributed by atoms with van der Waals surface area (Å²) in [5, 5.41) is 0. The van der Waals surface area contributed by atoms with E-state index in [1.165, 1.54) is 11.1 Å². The Morgan fingerprint density at radius 2 is 1.24 bits per heavy atom. The number of benzene rings is 3. The summed E-state index contributed by atoms with van der Waals surface area (Å²) in [7, 11) is 0. The predicted molar refractivity (Wildman–Crippen MR) is 206 cm³/mol. The maximum Gasteiger partial charge on any atom is 0.346 e. The molecule has 0 bridgehead atoms. The lowest BCUT2D eigenvalue weighted by atomic mass is 9.92. The van der Waals surface area contributed by atoms with E-state index in [2.05, 4.69) is 62.3 Å². The van der Waals surface area contributed by atoms with Gasteiger partial charge in [0, 0.05) is 12.8 Å². The molecular weight excluding hydrogens is 640 g/mol. The highest BCUT2D eigenvalue weighted by atomic mass is 16.7. The Morgan fingerprint density at radius 3 is 1.73 bits per heavy atom. The van der Waals surface area contributed by atoms with Gasteiger partial charge >= 0.3 is 11.9 Å². The van der Waals surface area contributed by atoms with E-state index >= 15 is 0 Å². The second kappa shape index (κ2) is 22.3. The molecule has 3 aromatic carbocycles. The first kappa shape index (κ1) is 43.5. The Hall–Kier alpha value is -3.68. The molecular formula is C44H64O7. The third-order valence-electron chi connectivity index (χ3n) is 8.31. The zero-order chi connectivity index (χ0) is 38.0. The van der Waals surface area contributed by atoms with Crippen LogP contribution < -0.4 is 4.74 Å². The first-order chi connectivity index (χ1) is 24.1. The van der Waals surface area contributed by atoms with Crippen LogP contribution in [0.15, 0.2) is 78.9 Å². The van der Waals surface area contributed by atoms with Gasteiger partial charge in [-0.25, -0.2) is 9.59 Å². The lowest BCUT2D eigenvalue weighted by Gasteiger charge is -2.27. The lowest BCUT2D eigenvalue weighted by molar-refractivity contribution is -0.182. The molecule has 3 aromatic rings. The van der Waals surface area contributed by atoms with Gasteiger partial charge in [0.05, 0.1) is 18.3 Å². The molecule has 0 N–H and O–H groups in total. The first-order valence-electron chi connectivity index (χ1n) is 18.6. The van der Waals surface area contributed by atoms with Gasteiger partial charge in [-0.15, -0.1) is 0 Å². The van der Waals surface area contributed by atoms with Crippen LogP contribution in [-0.2, 0) is 30.2 Å². The molecule has 0 aliphatic heterocycles. The minimum absolute atomic E-state index is 0.0166. The standard InChI is InChI=1S/C24H32O4.C20H32O3/c1-5-19(4)21-11-13-22(14-12-21)26-17-23(25)28-24(27-16-18(2)3)15-20-9-7-6-8-10-20;1-8-15(4)16-9-11-17(12-10-16)19(21)23-18(22-14(2)3)13-20(5,6)7/h6-14,18-19,24H,5,15-17H2,1-4H3;9-12,14-15,18H,8,13H2,1-7H3. The number of hydrogen-bond acceptors (Lipinski definition) is 7. The highest BCUT2D eigenvalue weighted by Gasteiger charge is 2.24. The summed E-state index contributed by atoms with van der Waals surface area (Å²) in [5.41, 5.74) is 4.17. The van der Waals surface area contributed by atoms with E-state index in [0.29, 0.717) is 48.5 Å². The summed E-state index contributed by atoms with van der Waals surface area (Å²) < 4.78 is 28.2. The van der Waals surface area contributed by atoms with Crippen LogP contribution in [0.4, 0.5) is 0 Å². The van der Waals surface area contributed by atoms with Gasteiger partial charge in [0.15, 0.2) is 6.61 Å². The van der Waals surface area contributed by atoms with Crippen molar-refractivity contribution in [3.05, 3.63) is 101 Å². The van der Waals surface area contributed by atoms with Gasteiger partial charge in [-0.1, -0.05) is 117 Å². The largest absolute Gasteiger partial charge is 0.482 e. The average molecular weight is 705 g/mol. The van der Waals surface area contributed by atoms with Crippen molar-refractivity contribution in [1.29, 1.82) is 0 Å². The van der Waals surface area contributed by atoms with Crippen molar-refractivity contribution in [3.63, 3.8) is 0 Å². The van der Waals surface area contributed by atoms with Crippen molar-refractivity contribution in [1.82, 2.24) is 0 Å². The lowest BCUT2D eigenvalue weighted by Crippen LogP contribution is -2.29. The van der Waals surface area contributed by atoms with Gasteiger partial charge in [-0.05, 0) is 90.8 Å². The fraction of sp³-hybridized carbons (Fsp3) is 0.545. The van der Waals surface area contributed by atoms with Gasteiger partial charge in [0.25, 0.3) is 0 Å². The zero-order valence-corrected chi connectivity index (χ0v) is 33.1. The number of ether oxygens (including phenoxy) is 5. The Morgan fingerprint density at radius 1 is 0.686 bits per heavy atom. The Balaban J connectivity index is 0.000000361. The summed E-state index contributed by atoms with van der Waals surface area (Å²) in [5.74, 6) is 1.27. The third kappa shape index (κ3) is 17.9. The van der Waals surface area contributed by atoms with Gasteiger partial charge in [-0.2, -0.15) is 0 Å². The van der Waals surface area contributed by atoms with E-state index in [1.807, 2.05) is 92.7 Å². The number of hydrogen-bond donors (Lipinski definition) is 0. The zero-order valence-electron chi connectivity index (χ0n) is 33.1. The van der Waals surface area contributed by atoms with Crippen LogP contribution in [0, 0.1) is 11.3 Å². The van der Waals surface area contributed by atoms with E-state index in [4.69, 9.17) is 23.7 Å². The number of rotatable bonds is 18. The molecule has 4 unspecified atom stereocenters. The summed E-state index contributed by atoms with van der Waals surface area (Å²) in [6.45, 7) is 23.4. The van der Waals surface area contributed by atoms with Gasteiger partial charge < -0.3 is 23.7 Å². The fourth-order valence-electron chi connectivity index (χ4n) is 4.98. The molecule has 0 fully saturated rings. The van der Waals surface area contributed by atoms with Crippen molar-refractivity contribution >= 4 is 11.9 Å². The van der Waals surface area contributed by atoms with Gasteiger partial charge in [0.1, 0.15) is 5.75 Å². The van der Waals surface area contributed by atoms with Crippen LogP contribution in [0.25, 0.3) is 0 Å². The van der Waals surface area contributed by atoms with Crippen molar-refractivity contribution < 1.29 is 33.3 Å². The second-order valence-corrected chi connectivity index (χ2v) is 15.2. The van der Waals surface area contributed by atoms with Gasteiger partial charge in [-0.3, -0.25) is 0 Å². The third-order valence-corrected chi connectivity index (χ3v) is 8.31. The first-order valence-corrected chi connectivity index (χ1v) is 18.6. The van der Waals surface area contributed by atoms with E-state index in [9.17, 15) is 9.59 Å². The molecule has 0 amide bonds. The molecule has 282 valence electrons. The maximum absolute atomic E-state index is 12.4. The van der Waals surface area contributed by atoms with E-state index in [1.54, 1.807) is 0 Å². The van der Waals surface area contributed by atoms with Crippen molar-refractivity contribution in [2.24, 2.45) is 11.3 Å². The van der Waals surface area contributed by atoms with Crippen molar-refractivity contribution in [2.45, 2.75) is 132 Å². The van der Waals surface area contributed by atoms with E-state index < -0.39 is 18.5 Å². The summed E-state index contributed by atoms with van der Waals surface area (Å²) in [6, 6.07) is 25.4. The second-order valence-electron chi connectivity index (χ2n) is 15.2. The molecule has 0 aliphatic rings. The van der Waals surface area contributed by atoms with E-state index in [0.717, 1.165) is 18.4 Å². The summed E-state index contributed by atoms with van der Waals surface area (Å²) in [6.07, 6.45) is 2.24. The minimum atomic E-state index is -0.617. The molecule has 3 rings (SSSR count). The normalized spacial score (nSPS) is 13.8. The Kier molecular flexibility index (Phi) is 19.0. The Labute approximate surface area is 308 Å². The Bertz CT molecular complexity index is 1390. The highest BCUT2D eigenvalue weighted by Crippen LogP contribution is 2.25. The molecule has 0 saturated heterocycles. The van der Waals surface area contributed by atoms with Crippen molar-refractivity contribution in [2.75, 3.05) is 13.2 Å². The van der Waals surface area contributed by atoms with E-state index in [-0.39, 0.29) is 24.1 Å². The molecule has 7 nitrogen and oxygen atoms in total. The fourth-order valence-corrected chi connectivity index (χ4v) is 4.98. The van der Waals surface area contributed by atoms with Crippen LogP contribution in [0.5, 0.6) is 5.75 Å². The van der Waals surface area contributed by atoms with Crippen LogP contribution in [0.3, 0.4) is 0 Å². The predicted octanol–water partition coefficient (Wildman–Crippen LogP) is 10.9. The smallest absolute Gasteiger partial charge is 0.346 e. The van der Waals surface area contributed by atoms with Crippen molar-refractivity contribution in [3.8, 4) is 5.75 Å². The molecule has 0 heterocycles. The summed E-state index contributed by atoms with van der Waals surface area (Å²) in [4.78, 5) is 24.6. The highest BCUT2D eigenvalue weighted by molar-refractivity contribution is 5.89. The molecule has 7 heteroatoms. The number of esters is 2. The quantitative estimate of drug-likeness (QED) is 0.0963. The summed E-state index contributed by atoms with van der Waals surface area (Å²) >= 11 is 0. The molecule has 0 saturated carbocycles. The molecule has 0 radical (unpaired) electrons. The molecule has 51 heavy (non-hydrogen) atoms. The maximum atomic E-state index is 12.4. The molecule has 0 aromatic heterocycles. The monoisotopic (exact) mass is 704 g/mol. The average Bonchev–Trinajstić information content (AvgIpc) is 3.09. The topological polar surface area (TPSA) is 80.3 Å². The van der Waals surface area contributed by atoms with Crippen LogP contribution in [-0.4, -0.2) is 43.8 Å². The minimum Gasteiger partial charge on any atom is -0.482 e.